The van der Waals surface area contributed by atoms with Crippen molar-refractivity contribution in [1.29, 1.82) is 0 Å². The molecule has 0 bridgehead atoms. The Kier molecular flexibility index (Phi) is 5.00. The molecule has 0 spiro atoms. The first-order valence-electron chi connectivity index (χ1n) is 7.57. The number of nitrogens with one attached hydrogen (secondary N) is 1. The van der Waals surface area contributed by atoms with E-state index in [2.05, 4.69) is 10.3 Å². The van der Waals surface area contributed by atoms with Crippen LogP contribution >= 0.6 is 0 Å². The molecule has 22 heavy (non-hydrogen) atoms. The molecule has 0 saturated carbocycles. The first-order chi connectivity index (χ1) is 10.4. The molecule has 1 atom stereocenters. The molecule has 1 aliphatic rings. The van der Waals surface area contributed by atoms with Gasteiger partial charge in [0.05, 0.1) is 5.56 Å². The third-order valence-electron chi connectivity index (χ3n) is 3.36. The molecule has 0 aromatic carbocycles. The van der Waals surface area contributed by atoms with Crippen LogP contribution in [0.3, 0.4) is 0 Å². The average molecular weight is 305 g/mol. The van der Waals surface area contributed by atoms with Gasteiger partial charge >= 0.3 is 6.09 Å². The molecule has 1 N–H and O–H groups in total. The van der Waals surface area contributed by atoms with Gasteiger partial charge in [-0.2, -0.15) is 0 Å². The first-order valence-corrected chi connectivity index (χ1v) is 7.57. The van der Waals surface area contributed by atoms with Crippen molar-refractivity contribution in [3.05, 3.63) is 30.1 Å². The molecule has 2 rings (SSSR count). The number of hydrogen-bond donors (Lipinski definition) is 1. The van der Waals surface area contributed by atoms with E-state index in [9.17, 15) is 9.59 Å². The maximum absolute atomic E-state index is 12.6. The molecule has 6 heteroatoms. The van der Waals surface area contributed by atoms with E-state index in [-0.39, 0.29) is 12.1 Å². The van der Waals surface area contributed by atoms with E-state index in [4.69, 9.17) is 4.74 Å². The molecule has 1 aliphatic heterocycles. The van der Waals surface area contributed by atoms with E-state index < -0.39 is 11.7 Å². The van der Waals surface area contributed by atoms with Crippen molar-refractivity contribution in [2.24, 2.45) is 0 Å². The van der Waals surface area contributed by atoms with Crippen molar-refractivity contribution in [1.82, 2.24) is 15.2 Å². The van der Waals surface area contributed by atoms with Gasteiger partial charge < -0.3 is 15.0 Å². The fourth-order valence-corrected chi connectivity index (χ4v) is 2.42. The highest BCUT2D eigenvalue weighted by molar-refractivity contribution is 5.94. The van der Waals surface area contributed by atoms with Gasteiger partial charge in [-0.1, -0.05) is 0 Å². The van der Waals surface area contributed by atoms with Crippen molar-refractivity contribution >= 4 is 12.0 Å². The zero-order chi connectivity index (χ0) is 16.2. The number of piperidine rings is 1. The second-order valence-electron chi connectivity index (χ2n) is 6.40. The lowest BCUT2D eigenvalue weighted by Gasteiger charge is -2.36. The topological polar surface area (TPSA) is 71.5 Å². The number of likely N-dealkylation sites (tertiary alicyclic amines) is 1. The fourth-order valence-electron chi connectivity index (χ4n) is 2.42. The Balaban J connectivity index is 2.05. The van der Waals surface area contributed by atoms with Gasteiger partial charge in [0.2, 0.25) is 0 Å². The van der Waals surface area contributed by atoms with Gasteiger partial charge in [-0.3, -0.25) is 9.78 Å². The standard InChI is InChI=1S/C16H23N3O3/c1-16(2,3)22-15(21)18-13-8-4-5-10-19(13)14(20)12-7-6-9-17-11-12/h6-7,9,11,13H,4-5,8,10H2,1-3H3,(H,18,21). The smallest absolute Gasteiger partial charge is 0.409 e. The van der Waals surface area contributed by atoms with Gasteiger partial charge in [0.15, 0.2) is 0 Å². The summed E-state index contributed by atoms with van der Waals surface area (Å²) in [5, 5.41) is 2.80. The summed E-state index contributed by atoms with van der Waals surface area (Å²) < 4.78 is 5.27. The number of ether oxygens (including phenoxy) is 1. The summed E-state index contributed by atoms with van der Waals surface area (Å²) in [5.74, 6) is -0.117. The van der Waals surface area contributed by atoms with Crippen molar-refractivity contribution < 1.29 is 14.3 Å². The second-order valence-corrected chi connectivity index (χ2v) is 6.40. The van der Waals surface area contributed by atoms with Gasteiger partial charge in [0, 0.05) is 18.9 Å². The van der Waals surface area contributed by atoms with Crippen molar-refractivity contribution in [2.45, 2.75) is 51.8 Å². The van der Waals surface area contributed by atoms with Gasteiger partial charge in [-0.15, -0.1) is 0 Å². The Morgan fingerprint density at radius 2 is 2.14 bits per heavy atom. The molecule has 1 unspecified atom stereocenters. The SMILES string of the molecule is CC(C)(C)OC(=O)NC1CCCCN1C(=O)c1cccnc1. The largest absolute Gasteiger partial charge is 0.444 e. The predicted molar refractivity (Wildman–Crippen MR) is 82.3 cm³/mol. The summed E-state index contributed by atoms with van der Waals surface area (Å²) in [7, 11) is 0. The van der Waals surface area contributed by atoms with E-state index in [1.165, 1.54) is 0 Å². The molecule has 2 amide bonds. The number of alkyl carbamates (subject to hydrolysis) is 1. The van der Waals surface area contributed by atoms with Crippen LogP contribution in [0.5, 0.6) is 0 Å². The summed E-state index contributed by atoms with van der Waals surface area (Å²) in [6.45, 7) is 6.05. The second kappa shape index (κ2) is 6.77. The van der Waals surface area contributed by atoms with Crippen LogP contribution in [0.1, 0.15) is 50.4 Å². The van der Waals surface area contributed by atoms with Crippen molar-refractivity contribution in [2.75, 3.05) is 6.54 Å². The van der Waals surface area contributed by atoms with E-state index in [0.29, 0.717) is 12.1 Å². The molecular weight excluding hydrogens is 282 g/mol. The van der Waals surface area contributed by atoms with Crippen molar-refractivity contribution in [3.63, 3.8) is 0 Å². The van der Waals surface area contributed by atoms with Crippen LogP contribution in [0.4, 0.5) is 4.79 Å². The molecule has 1 saturated heterocycles. The Hall–Kier alpha value is -2.11. The molecule has 6 nitrogen and oxygen atoms in total. The van der Waals surface area contributed by atoms with Gasteiger partial charge in [0.1, 0.15) is 11.8 Å². The molecule has 0 radical (unpaired) electrons. The Morgan fingerprint density at radius 3 is 2.77 bits per heavy atom. The summed E-state index contributed by atoms with van der Waals surface area (Å²) >= 11 is 0. The van der Waals surface area contributed by atoms with Crippen LogP contribution in [0.15, 0.2) is 24.5 Å². The fraction of sp³-hybridized carbons (Fsp3) is 0.562. The highest BCUT2D eigenvalue weighted by Gasteiger charge is 2.30. The number of carbonyl (C=O) groups excluding carboxylic acids is 2. The molecule has 2 heterocycles. The summed E-state index contributed by atoms with van der Waals surface area (Å²) in [6, 6.07) is 3.46. The molecule has 1 fully saturated rings. The predicted octanol–water partition coefficient (Wildman–Crippen LogP) is 2.56. The third kappa shape index (κ3) is 4.44. The summed E-state index contributed by atoms with van der Waals surface area (Å²) in [4.78, 5) is 30.2. The number of carbonyl (C=O) groups is 2. The van der Waals surface area contributed by atoms with Gasteiger partial charge in [-0.25, -0.2) is 4.79 Å². The van der Waals surface area contributed by atoms with Crippen LogP contribution in [-0.2, 0) is 4.74 Å². The first kappa shape index (κ1) is 16.3. The van der Waals surface area contributed by atoms with E-state index >= 15 is 0 Å². The number of pyridine rings is 1. The third-order valence-corrected chi connectivity index (χ3v) is 3.36. The molecule has 0 aliphatic carbocycles. The van der Waals surface area contributed by atoms with Crippen LogP contribution < -0.4 is 5.32 Å². The van der Waals surface area contributed by atoms with Crippen LogP contribution in [0.2, 0.25) is 0 Å². The quantitative estimate of drug-likeness (QED) is 0.911. The lowest BCUT2D eigenvalue weighted by Crippen LogP contribution is -2.54. The number of amides is 2. The Labute approximate surface area is 130 Å². The maximum atomic E-state index is 12.6. The molecule has 1 aromatic rings. The minimum atomic E-state index is -0.559. The lowest BCUT2D eigenvalue weighted by atomic mass is 10.1. The number of nitrogens with zero attached hydrogens (tertiary/aromatic N) is 2. The summed E-state index contributed by atoms with van der Waals surface area (Å²) in [6.07, 6.45) is 4.96. The van der Waals surface area contributed by atoms with E-state index in [1.54, 1.807) is 29.4 Å². The molecular formula is C16H23N3O3. The van der Waals surface area contributed by atoms with E-state index in [0.717, 1.165) is 19.3 Å². The summed E-state index contributed by atoms with van der Waals surface area (Å²) in [5.41, 5.74) is -0.0305. The van der Waals surface area contributed by atoms with Crippen LogP contribution in [0, 0.1) is 0 Å². The Morgan fingerprint density at radius 1 is 1.36 bits per heavy atom. The normalized spacial score (nSPS) is 18.7. The van der Waals surface area contributed by atoms with E-state index in [1.807, 2.05) is 20.8 Å². The maximum Gasteiger partial charge on any atom is 0.409 e. The zero-order valence-electron chi connectivity index (χ0n) is 13.3. The highest BCUT2D eigenvalue weighted by atomic mass is 16.6. The van der Waals surface area contributed by atoms with Crippen LogP contribution in [0.25, 0.3) is 0 Å². The van der Waals surface area contributed by atoms with Gasteiger partial charge in [0.25, 0.3) is 5.91 Å². The average Bonchev–Trinajstić information content (AvgIpc) is 2.46. The molecule has 120 valence electrons. The molecule has 1 aromatic heterocycles. The monoisotopic (exact) mass is 305 g/mol. The minimum absolute atomic E-state index is 0.117. The van der Waals surface area contributed by atoms with Crippen molar-refractivity contribution in [3.8, 4) is 0 Å². The Bertz CT molecular complexity index is 525. The lowest BCUT2D eigenvalue weighted by molar-refractivity contribution is 0.0340. The number of rotatable bonds is 2. The number of hydrogen-bond acceptors (Lipinski definition) is 4. The van der Waals surface area contributed by atoms with Crippen LogP contribution in [-0.4, -0.2) is 40.2 Å². The van der Waals surface area contributed by atoms with Gasteiger partial charge in [-0.05, 0) is 52.2 Å². The highest BCUT2D eigenvalue weighted by Crippen LogP contribution is 2.18. The zero-order valence-corrected chi connectivity index (χ0v) is 13.3. The number of aromatic nitrogens is 1. The minimum Gasteiger partial charge on any atom is -0.444 e.